The summed E-state index contributed by atoms with van der Waals surface area (Å²) in [6, 6.07) is 6.23. The standard InChI is InChI=1S/C38H46F3N5O5/c39-38(40,41)31-28(32(47)44-37(33(48)49)26-3-1-23-13-25(15-26)16-27(37)14-23)18-42-34(43-31)46-20-36(7-11-50-12-8-36)29-17-24(2-4-30(29)46)19-45-9-5-35(6-10-45)21-51-22-35/h2,4,17-18,23,25-27H,1,3,5-16,19-22H2,(H,44,47)(H,48,49). The summed E-state index contributed by atoms with van der Waals surface area (Å²) in [5.74, 6) is -2.21. The minimum Gasteiger partial charge on any atom is -0.479 e. The number of anilines is 2. The average molecular weight is 710 g/mol. The van der Waals surface area contributed by atoms with Crippen LogP contribution in [0.4, 0.5) is 24.8 Å². The van der Waals surface area contributed by atoms with Gasteiger partial charge in [0.1, 0.15) is 5.54 Å². The van der Waals surface area contributed by atoms with Crippen molar-refractivity contribution in [2.75, 3.05) is 51.0 Å². The number of alkyl halides is 3. The number of benzene rings is 1. The monoisotopic (exact) mass is 709 g/mol. The summed E-state index contributed by atoms with van der Waals surface area (Å²) in [5, 5.41) is 13.3. The van der Waals surface area contributed by atoms with Crippen molar-refractivity contribution in [2.24, 2.45) is 29.1 Å². The maximum atomic E-state index is 14.8. The highest BCUT2D eigenvalue weighted by molar-refractivity contribution is 5.99. The number of likely N-dealkylation sites (tertiary alicyclic amines) is 1. The molecule has 1 amide bonds. The second-order valence-electron chi connectivity index (χ2n) is 16.8. The summed E-state index contributed by atoms with van der Waals surface area (Å²) >= 11 is 0. The van der Waals surface area contributed by atoms with Crippen LogP contribution in [-0.2, 0) is 32.4 Å². The summed E-state index contributed by atoms with van der Waals surface area (Å²) in [4.78, 5) is 39.5. The lowest BCUT2D eigenvalue weighted by Gasteiger charge is -2.50. The Morgan fingerprint density at radius 2 is 1.71 bits per heavy atom. The molecule has 3 saturated heterocycles. The molecule has 10 nitrogen and oxygen atoms in total. The van der Waals surface area contributed by atoms with Crippen LogP contribution < -0.4 is 10.2 Å². The number of nitrogens with zero attached hydrogens (tertiary/aromatic N) is 4. The molecule has 5 atom stereocenters. The van der Waals surface area contributed by atoms with Crippen molar-refractivity contribution >= 4 is 23.5 Å². The van der Waals surface area contributed by atoms with Crippen LogP contribution in [0, 0.1) is 29.1 Å². The Morgan fingerprint density at radius 3 is 2.41 bits per heavy atom. The third-order valence-electron chi connectivity index (χ3n) is 13.9. The fourth-order valence-corrected chi connectivity index (χ4v) is 11.1. The van der Waals surface area contributed by atoms with E-state index in [-0.39, 0.29) is 23.2 Å². The number of aromatic nitrogens is 2. The van der Waals surface area contributed by atoms with Crippen molar-refractivity contribution in [1.82, 2.24) is 20.2 Å². The minimum absolute atomic E-state index is 0.125. The SMILES string of the molecule is O=C(NC1(C(=O)O)C2CCC3CC(C2)CC1C3)c1cnc(N2CC3(CCOCC3)c3cc(CN4CCC5(CC4)COC5)ccc32)nc1C(F)(F)F. The van der Waals surface area contributed by atoms with Crippen LogP contribution in [0.2, 0.25) is 0 Å². The summed E-state index contributed by atoms with van der Waals surface area (Å²) < 4.78 is 55.7. The van der Waals surface area contributed by atoms with Crippen molar-refractivity contribution < 1.29 is 37.3 Å². The van der Waals surface area contributed by atoms with Crippen molar-refractivity contribution in [3.05, 3.63) is 46.8 Å². The molecule has 13 heteroatoms. The number of carbonyl (C=O) groups excluding carboxylic acids is 1. The van der Waals surface area contributed by atoms with Gasteiger partial charge in [0.25, 0.3) is 5.91 Å². The van der Waals surface area contributed by atoms with Gasteiger partial charge in [0.05, 0.1) is 18.8 Å². The molecule has 4 saturated carbocycles. The highest BCUT2D eigenvalue weighted by Crippen LogP contribution is 2.56. The molecule has 4 bridgehead atoms. The van der Waals surface area contributed by atoms with E-state index in [0.717, 1.165) is 88.8 Å². The normalized spacial score (nSPS) is 32.1. The molecule has 0 radical (unpaired) electrons. The van der Waals surface area contributed by atoms with Crippen LogP contribution in [0.1, 0.15) is 91.4 Å². The number of carboxylic acids is 1. The lowest BCUT2D eigenvalue weighted by Crippen LogP contribution is -2.66. The number of aliphatic carboxylic acids is 1. The van der Waals surface area contributed by atoms with E-state index in [2.05, 4.69) is 26.3 Å². The summed E-state index contributed by atoms with van der Waals surface area (Å²) in [6.45, 7) is 6.04. The second-order valence-corrected chi connectivity index (χ2v) is 16.8. The fourth-order valence-electron chi connectivity index (χ4n) is 11.1. The first-order valence-electron chi connectivity index (χ1n) is 18.8. The molecule has 7 fully saturated rings. The van der Waals surface area contributed by atoms with E-state index in [9.17, 15) is 27.9 Å². The molecule has 2 aromatic rings. The van der Waals surface area contributed by atoms with Crippen molar-refractivity contribution in [1.29, 1.82) is 0 Å². The number of piperidine rings is 1. The summed E-state index contributed by atoms with van der Waals surface area (Å²) in [5.41, 5.74) is -0.674. The molecule has 8 aliphatic rings. The minimum atomic E-state index is -4.97. The van der Waals surface area contributed by atoms with Gasteiger partial charge in [-0.25, -0.2) is 14.8 Å². The Balaban J connectivity index is 1.02. The van der Waals surface area contributed by atoms with E-state index in [1.165, 1.54) is 5.56 Å². The molecule has 2 spiro atoms. The number of fused-ring (bicyclic) bond motifs is 3. The first-order valence-corrected chi connectivity index (χ1v) is 18.8. The maximum Gasteiger partial charge on any atom is 0.434 e. The number of hydrogen-bond acceptors (Lipinski definition) is 8. The van der Waals surface area contributed by atoms with Crippen molar-refractivity contribution in [3.63, 3.8) is 0 Å². The summed E-state index contributed by atoms with van der Waals surface area (Å²) in [7, 11) is 0. The molecular formula is C38H46F3N5O5. The van der Waals surface area contributed by atoms with E-state index < -0.39 is 34.8 Å². The Hall–Kier alpha value is -3.29. The predicted molar refractivity (Wildman–Crippen MR) is 179 cm³/mol. The number of halogens is 3. The van der Waals surface area contributed by atoms with Gasteiger partial charge in [-0.15, -0.1) is 0 Å². The molecule has 5 unspecified atom stereocenters. The lowest BCUT2D eigenvalue weighted by molar-refractivity contribution is -0.154. The van der Waals surface area contributed by atoms with Gasteiger partial charge in [0, 0.05) is 49.0 Å². The van der Waals surface area contributed by atoms with Crippen molar-refractivity contribution in [3.8, 4) is 0 Å². The number of nitrogens with one attached hydrogen (secondary N) is 1. The van der Waals surface area contributed by atoms with E-state index >= 15 is 0 Å². The Kier molecular flexibility index (Phi) is 7.98. The summed E-state index contributed by atoms with van der Waals surface area (Å²) in [6.07, 6.45) is 4.25. The van der Waals surface area contributed by atoms with E-state index in [1.807, 2.05) is 12.1 Å². The van der Waals surface area contributed by atoms with Gasteiger partial charge in [-0.05, 0) is 112 Å². The van der Waals surface area contributed by atoms with Gasteiger partial charge in [-0.2, -0.15) is 13.2 Å². The van der Waals surface area contributed by atoms with Crippen LogP contribution >= 0.6 is 0 Å². The second kappa shape index (κ2) is 12.1. The first kappa shape index (κ1) is 33.5. The number of hydrogen-bond donors (Lipinski definition) is 2. The zero-order valence-corrected chi connectivity index (χ0v) is 28.8. The van der Waals surface area contributed by atoms with Crippen LogP contribution in [0.3, 0.4) is 0 Å². The third kappa shape index (κ3) is 5.55. The van der Waals surface area contributed by atoms with Crippen LogP contribution in [0.25, 0.3) is 0 Å². The first-order chi connectivity index (χ1) is 24.5. The molecule has 1 aromatic heterocycles. The molecule has 274 valence electrons. The van der Waals surface area contributed by atoms with Gasteiger partial charge >= 0.3 is 12.1 Å². The smallest absolute Gasteiger partial charge is 0.434 e. The van der Waals surface area contributed by atoms with Crippen LogP contribution in [0.15, 0.2) is 24.4 Å². The molecule has 4 aliphatic heterocycles. The van der Waals surface area contributed by atoms with E-state index in [1.54, 1.807) is 4.90 Å². The zero-order chi connectivity index (χ0) is 35.2. The van der Waals surface area contributed by atoms with E-state index in [0.29, 0.717) is 62.7 Å². The molecule has 10 rings (SSSR count). The molecule has 51 heavy (non-hydrogen) atoms. The van der Waals surface area contributed by atoms with Gasteiger partial charge in [0.15, 0.2) is 5.69 Å². The largest absolute Gasteiger partial charge is 0.479 e. The molecule has 1 aromatic carbocycles. The Morgan fingerprint density at radius 1 is 0.961 bits per heavy atom. The van der Waals surface area contributed by atoms with E-state index in [4.69, 9.17) is 9.47 Å². The van der Waals surface area contributed by atoms with Crippen LogP contribution in [-0.4, -0.2) is 83.5 Å². The average Bonchev–Trinajstić information content (AvgIpc) is 3.24. The van der Waals surface area contributed by atoms with Crippen molar-refractivity contribution in [2.45, 2.75) is 87.9 Å². The highest BCUT2D eigenvalue weighted by Gasteiger charge is 2.60. The lowest BCUT2D eigenvalue weighted by atomic mass is 9.58. The van der Waals surface area contributed by atoms with Gasteiger partial charge in [-0.3, -0.25) is 9.69 Å². The van der Waals surface area contributed by atoms with Gasteiger partial charge < -0.3 is 24.8 Å². The molecule has 5 heterocycles. The van der Waals surface area contributed by atoms with Gasteiger partial charge in [0.2, 0.25) is 5.95 Å². The Labute approximate surface area is 295 Å². The number of amides is 1. The quantitative estimate of drug-likeness (QED) is 0.389. The van der Waals surface area contributed by atoms with Gasteiger partial charge in [-0.1, -0.05) is 18.6 Å². The molecular weight excluding hydrogens is 663 g/mol. The number of ether oxygens (including phenoxy) is 2. The molecule has 4 aliphatic carbocycles. The topological polar surface area (TPSA) is 117 Å². The predicted octanol–water partition coefficient (Wildman–Crippen LogP) is 5.71. The number of carbonyl (C=O) groups is 2. The number of rotatable bonds is 6. The number of carboxylic acid groups (broad SMARTS) is 1. The Bertz CT molecular complexity index is 1710. The maximum absolute atomic E-state index is 14.8. The fraction of sp³-hybridized carbons (Fsp3) is 0.684. The molecule has 2 N–H and O–H groups in total. The highest BCUT2D eigenvalue weighted by atomic mass is 19.4. The van der Waals surface area contributed by atoms with Crippen LogP contribution in [0.5, 0.6) is 0 Å². The zero-order valence-electron chi connectivity index (χ0n) is 28.8. The third-order valence-corrected chi connectivity index (χ3v) is 13.9.